The SMILES string of the molecule is C[C@H](Nc1cc(N(C)C(=O)N2CCc3ccccc3C2)ccn1)c1ccccc1. The van der Waals surface area contributed by atoms with Crippen LogP contribution >= 0.6 is 0 Å². The number of nitrogens with one attached hydrogen (secondary N) is 1. The van der Waals surface area contributed by atoms with Crippen LogP contribution in [0.2, 0.25) is 0 Å². The van der Waals surface area contributed by atoms with E-state index in [1.165, 1.54) is 16.7 Å². The van der Waals surface area contributed by atoms with Crippen molar-refractivity contribution in [3.63, 3.8) is 0 Å². The lowest BCUT2D eigenvalue weighted by Crippen LogP contribution is -2.43. The smallest absolute Gasteiger partial charge is 0.324 e. The van der Waals surface area contributed by atoms with Gasteiger partial charge in [0.05, 0.1) is 5.69 Å². The summed E-state index contributed by atoms with van der Waals surface area (Å²) in [5, 5.41) is 3.42. The van der Waals surface area contributed by atoms with E-state index in [-0.39, 0.29) is 12.1 Å². The number of pyridine rings is 1. The first kappa shape index (κ1) is 19.0. The molecule has 2 amide bonds. The molecule has 5 heteroatoms. The number of carbonyl (C=O) groups excluding carboxylic acids is 1. The first-order valence-electron chi connectivity index (χ1n) is 9.99. The van der Waals surface area contributed by atoms with Crippen LogP contribution in [0.25, 0.3) is 0 Å². The Bertz CT molecular complexity index is 989. The molecule has 4 rings (SSSR count). The highest BCUT2D eigenvalue weighted by Crippen LogP contribution is 2.24. The average molecular weight is 386 g/mol. The maximum atomic E-state index is 13.1. The molecule has 3 aromatic rings. The van der Waals surface area contributed by atoms with Gasteiger partial charge in [-0.3, -0.25) is 4.90 Å². The molecule has 2 aromatic carbocycles. The fraction of sp³-hybridized carbons (Fsp3) is 0.250. The molecule has 1 N–H and O–H groups in total. The van der Waals surface area contributed by atoms with Gasteiger partial charge in [0.2, 0.25) is 0 Å². The van der Waals surface area contributed by atoms with E-state index in [1.54, 1.807) is 11.1 Å². The number of carbonyl (C=O) groups is 1. The van der Waals surface area contributed by atoms with Gasteiger partial charge in [-0.2, -0.15) is 0 Å². The monoisotopic (exact) mass is 386 g/mol. The van der Waals surface area contributed by atoms with Gasteiger partial charge in [-0.05, 0) is 36.1 Å². The van der Waals surface area contributed by atoms with Crippen molar-refractivity contribution in [1.29, 1.82) is 0 Å². The van der Waals surface area contributed by atoms with Crippen LogP contribution in [0.5, 0.6) is 0 Å². The molecule has 0 unspecified atom stereocenters. The van der Waals surface area contributed by atoms with Crippen LogP contribution in [-0.4, -0.2) is 29.5 Å². The van der Waals surface area contributed by atoms with Crippen molar-refractivity contribution in [2.24, 2.45) is 0 Å². The second-order valence-corrected chi connectivity index (χ2v) is 7.46. The van der Waals surface area contributed by atoms with E-state index >= 15 is 0 Å². The second-order valence-electron chi connectivity index (χ2n) is 7.46. The van der Waals surface area contributed by atoms with E-state index in [2.05, 4.69) is 47.6 Å². The molecule has 1 aromatic heterocycles. The van der Waals surface area contributed by atoms with Crippen LogP contribution in [0.4, 0.5) is 16.3 Å². The zero-order valence-electron chi connectivity index (χ0n) is 16.9. The van der Waals surface area contributed by atoms with Crippen LogP contribution in [0.1, 0.15) is 29.7 Å². The van der Waals surface area contributed by atoms with Crippen molar-refractivity contribution in [3.8, 4) is 0 Å². The largest absolute Gasteiger partial charge is 0.363 e. The van der Waals surface area contributed by atoms with Crippen LogP contribution in [0.15, 0.2) is 72.9 Å². The Labute approximate surface area is 172 Å². The van der Waals surface area contributed by atoms with E-state index < -0.39 is 0 Å². The summed E-state index contributed by atoms with van der Waals surface area (Å²) in [5.41, 5.74) is 4.58. The number of aromatic nitrogens is 1. The van der Waals surface area contributed by atoms with Gasteiger partial charge in [-0.25, -0.2) is 9.78 Å². The Balaban J connectivity index is 1.46. The molecule has 0 fully saturated rings. The minimum absolute atomic E-state index is 0.00719. The van der Waals surface area contributed by atoms with Crippen molar-refractivity contribution >= 4 is 17.5 Å². The quantitative estimate of drug-likeness (QED) is 0.696. The summed E-state index contributed by atoms with van der Waals surface area (Å²) in [5.74, 6) is 0.752. The Morgan fingerprint density at radius 3 is 2.59 bits per heavy atom. The van der Waals surface area contributed by atoms with Crippen molar-refractivity contribution in [1.82, 2.24) is 9.88 Å². The zero-order valence-corrected chi connectivity index (χ0v) is 16.9. The van der Waals surface area contributed by atoms with Gasteiger partial charge in [-0.1, -0.05) is 54.6 Å². The Morgan fingerprint density at radius 1 is 1.07 bits per heavy atom. The molecule has 0 saturated carbocycles. The van der Waals surface area contributed by atoms with Gasteiger partial charge in [0, 0.05) is 38.4 Å². The van der Waals surface area contributed by atoms with E-state index in [0.717, 1.165) is 24.5 Å². The lowest BCUT2D eigenvalue weighted by Gasteiger charge is -2.32. The first-order chi connectivity index (χ1) is 14.1. The highest BCUT2D eigenvalue weighted by molar-refractivity contribution is 5.92. The summed E-state index contributed by atoms with van der Waals surface area (Å²) in [6.45, 7) is 3.49. The van der Waals surface area contributed by atoms with Crippen LogP contribution in [0, 0.1) is 0 Å². The number of hydrogen-bond donors (Lipinski definition) is 1. The van der Waals surface area contributed by atoms with Gasteiger partial charge in [-0.15, -0.1) is 0 Å². The maximum absolute atomic E-state index is 13.1. The lowest BCUT2D eigenvalue weighted by molar-refractivity contribution is 0.200. The summed E-state index contributed by atoms with van der Waals surface area (Å²) in [7, 11) is 1.82. The Morgan fingerprint density at radius 2 is 1.79 bits per heavy atom. The Kier molecular flexibility index (Phi) is 5.47. The maximum Gasteiger partial charge on any atom is 0.324 e. The fourth-order valence-corrected chi connectivity index (χ4v) is 3.74. The third-order valence-corrected chi connectivity index (χ3v) is 5.48. The average Bonchev–Trinajstić information content (AvgIpc) is 2.78. The predicted octanol–water partition coefficient (Wildman–Crippen LogP) is 4.87. The van der Waals surface area contributed by atoms with Crippen LogP contribution in [-0.2, 0) is 13.0 Å². The third-order valence-electron chi connectivity index (χ3n) is 5.48. The number of hydrogen-bond acceptors (Lipinski definition) is 3. The number of anilines is 2. The topological polar surface area (TPSA) is 48.5 Å². The number of nitrogens with zero attached hydrogens (tertiary/aromatic N) is 3. The zero-order chi connectivity index (χ0) is 20.2. The molecular weight excluding hydrogens is 360 g/mol. The van der Waals surface area contributed by atoms with Gasteiger partial charge in [0.15, 0.2) is 0 Å². The van der Waals surface area contributed by atoms with Crippen molar-refractivity contribution in [2.75, 3.05) is 23.8 Å². The molecule has 0 bridgehead atoms. The van der Waals surface area contributed by atoms with Crippen molar-refractivity contribution in [2.45, 2.75) is 25.9 Å². The number of rotatable bonds is 4. The predicted molar refractivity (Wildman–Crippen MR) is 117 cm³/mol. The van der Waals surface area contributed by atoms with E-state index in [0.29, 0.717) is 6.54 Å². The molecule has 5 nitrogen and oxygen atoms in total. The second kappa shape index (κ2) is 8.35. The van der Waals surface area contributed by atoms with Crippen LogP contribution in [0.3, 0.4) is 0 Å². The molecular formula is C24H26N4O. The van der Waals surface area contributed by atoms with Gasteiger partial charge < -0.3 is 10.2 Å². The van der Waals surface area contributed by atoms with E-state index in [4.69, 9.17) is 0 Å². The van der Waals surface area contributed by atoms with E-state index in [1.807, 2.05) is 48.3 Å². The normalized spacial score (nSPS) is 14.1. The lowest BCUT2D eigenvalue weighted by atomic mass is 10.0. The number of urea groups is 1. The van der Waals surface area contributed by atoms with E-state index in [9.17, 15) is 4.79 Å². The molecule has 29 heavy (non-hydrogen) atoms. The first-order valence-corrected chi connectivity index (χ1v) is 9.99. The molecule has 0 saturated heterocycles. The fourth-order valence-electron chi connectivity index (χ4n) is 3.74. The number of fused-ring (bicyclic) bond motifs is 1. The molecule has 1 aliphatic heterocycles. The van der Waals surface area contributed by atoms with Crippen molar-refractivity contribution < 1.29 is 4.79 Å². The molecule has 1 atom stereocenters. The minimum atomic E-state index is 0.00719. The van der Waals surface area contributed by atoms with Crippen molar-refractivity contribution in [3.05, 3.63) is 89.6 Å². The Hall–Kier alpha value is -3.34. The molecule has 0 radical (unpaired) electrons. The molecule has 148 valence electrons. The summed E-state index contributed by atoms with van der Waals surface area (Å²) in [6, 6.07) is 22.5. The van der Waals surface area contributed by atoms with Gasteiger partial charge in [0.25, 0.3) is 0 Å². The highest BCUT2D eigenvalue weighted by Gasteiger charge is 2.24. The van der Waals surface area contributed by atoms with Gasteiger partial charge >= 0.3 is 6.03 Å². The van der Waals surface area contributed by atoms with Crippen LogP contribution < -0.4 is 10.2 Å². The summed E-state index contributed by atoms with van der Waals surface area (Å²) in [4.78, 5) is 21.1. The molecule has 1 aliphatic rings. The third kappa shape index (κ3) is 4.24. The minimum Gasteiger partial charge on any atom is -0.363 e. The summed E-state index contributed by atoms with van der Waals surface area (Å²) in [6.07, 6.45) is 2.64. The molecule has 0 aliphatic carbocycles. The standard InChI is InChI=1S/C24H26N4O/c1-18(19-8-4-3-5-9-19)26-23-16-22(12-14-25-23)27(2)24(29)28-15-13-20-10-6-7-11-21(20)17-28/h3-12,14,16,18H,13,15,17H2,1-2H3,(H,25,26)/t18-/m0/s1. The number of benzene rings is 2. The molecule has 2 heterocycles. The summed E-state index contributed by atoms with van der Waals surface area (Å²) < 4.78 is 0. The van der Waals surface area contributed by atoms with Gasteiger partial charge in [0.1, 0.15) is 5.82 Å². The molecule has 0 spiro atoms. The summed E-state index contributed by atoms with van der Waals surface area (Å²) >= 11 is 0. The number of amides is 2. The highest BCUT2D eigenvalue weighted by atomic mass is 16.2.